The van der Waals surface area contributed by atoms with Crippen LogP contribution in [0.2, 0.25) is 10.0 Å². The Kier molecular flexibility index (Phi) is 6.32. The molecule has 0 aliphatic carbocycles. The maximum Gasteiger partial charge on any atom is 0.417 e. The molecule has 14 heteroatoms. The van der Waals surface area contributed by atoms with E-state index >= 15 is 0 Å². The van der Waals surface area contributed by atoms with Crippen LogP contribution in [0.5, 0.6) is 5.75 Å². The first-order valence-corrected chi connectivity index (χ1v) is 8.95. The Balaban J connectivity index is 2.00. The number of benzene rings is 1. The molecule has 0 amide bonds. The number of aromatic nitrogens is 3. The minimum Gasteiger partial charge on any atom is -0.495 e. The molecule has 31 heavy (non-hydrogen) atoms. The van der Waals surface area contributed by atoms with E-state index < -0.39 is 27.4 Å². The van der Waals surface area contributed by atoms with Crippen LogP contribution < -0.4 is 15.4 Å². The Labute approximate surface area is 182 Å². The average molecular weight is 475 g/mol. The van der Waals surface area contributed by atoms with Crippen molar-refractivity contribution in [1.29, 1.82) is 0 Å². The van der Waals surface area contributed by atoms with Gasteiger partial charge in [0.2, 0.25) is 11.6 Å². The molecule has 2 aromatic heterocycles. The van der Waals surface area contributed by atoms with Crippen molar-refractivity contribution in [2.75, 3.05) is 17.7 Å². The number of nitrogens with one attached hydrogen (secondary N) is 2. The number of alkyl halides is 3. The molecule has 0 saturated carbocycles. The van der Waals surface area contributed by atoms with Crippen LogP contribution in [0.25, 0.3) is 0 Å². The van der Waals surface area contributed by atoms with E-state index in [0.29, 0.717) is 23.0 Å². The lowest BCUT2D eigenvalue weighted by Gasteiger charge is -2.13. The van der Waals surface area contributed by atoms with Gasteiger partial charge in [-0.2, -0.15) is 13.2 Å². The third-order valence-corrected chi connectivity index (χ3v) is 4.35. The number of nitro groups is 1. The molecule has 0 atom stereocenters. The van der Waals surface area contributed by atoms with Gasteiger partial charge in [-0.15, -0.1) is 0 Å². The molecule has 0 radical (unpaired) electrons. The van der Waals surface area contributed by atoms with Gasteiger partial charge in [0.1, 0.15) is 12.1 Å². The second-order valence-corrected chi connectivity index (χ2v) is 6.67. The summed E-state index contributed by atoms with van der Waals surface area (Å²) in [6.45, 7) is 0. The SMILES string of the molecule is COc1ccc(Cl)cc1Nc1ncnc(Nc2ncc(C(F)(F)F)cc2Cl)c1[N+](=O)[O-]. The molecular weight excluding hydrogens is 464 g/mol. The van der Waals surface area contributed by atoms with E-state index in [1.807, 2.05) is 0 Å². The number of hydrogen-bond donors (Lipinski definition) is 2. The van der Waals surface area contributed by atoms with Gasteiger partial charge < -0.3 is 15.4 Å². The van der Waals surface area contributed by atoms with Gasteiger partial charge in [-0.25, -0.2) is 15.0 Å². The van der Waals surface area contributed by atoms with E-state index in [4.69, 9.17) is 27.9 Å². The second-order valence-electron chi connectivity index (χ2n) is 5.82. The molecule has 0 fully saturated rings. The average Bonchev–Trinajstić information content (AvgIpc) is 2.69. The minimum absolute atomic E-state index is 0.230. The van der Waals surface area contributed by atoms with Gasteiger partial charge in [-0.3, -0.25) is 10.1 Å². The van der Waals surface area contributed by atoms with Crippen molar-refractivity contribution >= 4 is 52.0 Å². The van der Waals surface area contributed by atoms with Gasteiger partial charge >= 0.3 is 11.9 Å². The number of rotatable bonds is 6. The first kappa shape index (κ1) is 22.3. The zero-order chi connectivity index (χ0) is 22.8. The normalized spacial score (nSPS) is 11.2. The van der Waals surface area contributed by atoms with Crippen LogP contribution in [0.15, 0.2) is 36.8 Å². The van der Waals surface area contributed by atoms with E-state index in [1.54, 1.807) is 12.1 Å². The smallest absolute Gasteiger partial charge is 0.417 e. The molecule has 0 bridgehead atoms. The summed E-state index contributed by atoms with van der Waals surface area (Å²) in [7, 11) is 1.40. The lowest BCUT2D eigenvalue weighted by atomic mass is 10.2. The minimum atomic E-state index is -4.65. The van der Waals surface area contributed by atoms with Gasteiger partial charge in [-0.1, -0.05) is 23.2 Å². The second kappa shape index (κ2) is 8.78. The molecule has 3 rings (SSSR count). The van der Waals surface area contributed by atoms with E-state index in [2.05, 4.69) is 25.6 Å². The van der Waals surface area contributed by atoms with E-state index in [1.165, 1.54) is 13.2 Å². The summed E-state index contributed by atoms with van der Waals surface area (Å²) in [5.41, 5.74) is -1.40. The highest BCUT2D eigenvalue weighted by molar-refractivity contribution is 6.33. The summed E-state index contributed by atoms with van der Waals surface area (Å²) >= 11 is 11.8. The van der Waals surface area contributed by atoms with Crippen molar-refractivity contribution in [2.45, 2.75) is 6.18 Å². The third-order valence-electron chi connectivity index (χ3n) is 3.82. The maximum absolute atomic E-state index is 12.8. The number of hydrogen-bond acceptors (Lipinski definition) is 8. The molecule has 9 nitrogen and oxygen atoms in total. The first-order chi connectivity index (χ1) is 14.6. The fraction of sp³-hybridized carbons (Fsp3) is 0.118. The zero-order valence-electron chi connectivity index (χ0n) is 15.4. The van der Waals surface area contributed by atoms with Crippen molar-refractivity contribution < 1.29 is 22.8 Å². The summed E-state index contributed by atoms with van der Waals surface area (Å²) in [5.74, 6) is -0.509. The quantitative estimate of drug-likeness (QED) is 0.350. The number of ether oxygens (including phenoxy) is 1. The van der Waals surface area contributed by atoms with Crippen LogP contribution in [0.3, 0.4) is 0 Å². The lowest BCUT2D eigenvalue weighted by molar-refractivity contribution is -0.383. The Morgan fingerprint density at radius 3 is 2.32 bits per heavy atom. The van der Waals surface area contributed by atoms with Crippen LogP contribution in [0, 0.1) is 10.1 Å². The molecule has 0 unspecified atom stereocenters. The fourth-order valence-corrected chi connectivity index (χ4v) is 2.82. The predicted molar refractivity (Wildman–Crippen MR) is 108 cm³/mol. The van der Waals surface area contributed by atoms with Crippen molar-refractivity contribution in [1.82, 2.24) is 15.0 Å². The lowest BCUT2D eigenvalue weighted by Crippen LogP contribution is -2.09. The van der Waals surface area contributed by atoms with E-state index in [0.717, 1.165) is 6.33 Å². The standard InChI is InChI=1S/C17H11Cl2F3N6O3/c1-31-12-3-2-9(18)5-11(12)26-15-13(28(29)30)16(25-7-24-15)27-14-10(19)4-8(6-23-14)17(20,21)22/h2-7H,1H3,(H2,23,24,25,26,27). The molecule has 1 aromatic carbocycles. The molecule has 2 N–H and O–H groups in total. The topological polar surface area (TPSA) is 115 Å². The summed E-state index contributed by atoms with van der Waals surface area (Å²) in [5, 5.41) is 16.8. The summed E-state index contributed by atoms with van der Waals surface area (Å²) in [6, 6.07) is 5.21. The van der Waals surface area contributed by atoms with Crippen LogP contribution >= 0.6 is 23.2 Å². The van der Waals surface area contributed by atoms with Crippen LogP contribution in [0.4, 0.5) is 42.0 Å². The predicted octanol–water partition coefficient (Wildman–Crippen LogP) is 5.60. The summed E-state index contributed by atoms with van der Waals surface area (Å²) in [4.78, 5) is 22.2. The van der Waals surface area contributed by atoms with Gasteiger partial charge in [0, 0.05) is 11.2 Å². The van der Waals surface area contributed by atoms with Crippen molar-refractivity contribution in [2.24, 2.45) is 0 Å². The van der Waals surface area contributed by atoms with Crippen LogP contribution in [0.1, 0.15) is 5.56 Å². The highest BCUT2D eigenvalue weighted by Crippen LogP contribution is 2.38. The first-order valence-electron chi connectivity index (χ1n) is 8.20. The molecule has 2 heterocycles. The fourth-order valence-electron chi connectivity index (χ4n) is 2.44. The van der Waals surface area contributed by atoms with Crippen LogP contribution in [-0.4, -0.2) is 27.0 Å². The molecular formula is C17H11Cl2F3N6O3. The highest BCUT2D eigenvalue weighted by atomic mass is 35.5. The number of pyridine rings is 1. The molecule has 0 aliphatic rings. The van der Waals surface area contributed by atoms with Gasteiger partial charge in [0.05, 0.1) is 28.3 Å². The number of methoxy groups -OCH3 is 1. The maximum atomic E-state index is 12.8. The van der Waals surface area contributed by atoms with E-state index in [-0.39, 0.29) is 23.1 Å². The Bertz CT molecular complexity index is 1150. The van der Waals surface area contributed by atoms with E-state index in [9.17, 15) is 23.3 Å². The van der Waals surface area contributed by atoms with Gasteiger partial charge in [-0.05, 0) is 24.3 Å². The highest BCUT2D eigenvalue weighted by Gasteiger charge is 2.32. The molecule has 0 saturated heterocycles. The van der Waals surface area contributed by atoms with Gasteiger partial charge in [0.25, 0.3) is 0 Å². The third kappa shape index (κ3) is 5.03. The zero-order valence-corrected chi connectivity index (χ0v) is 16.9. The number of halogens is 5. The number of nitrogens with zero attached hydrogens (tertiary/aromatic N) is 4. The molecule has 0 aliphatic heterocycles. The largest absolute Gasteiger partial charge is 0.495 e. The Morgan fingerprint density at radius 2 is 1.74 bits per heavy atom. The number of anilines is 4. The Morgan fingerprint density at radius 1 is 1.06 bits per heavy atom. The van der Waals surface area contributed by atoms with Crippen molar-refractivity contribution in [3.63, 3.8) is 0 Å². The molecule has 162 valence electrons. The van der Waals surface area contributed by atoms with Crippen molar-refractivity contribution in [3.8, 4) is 5.75 Å². The molecule has 0 spiro atoms. The van der Waals surface area contributed by atoms with Gasteiger partial charge in [0.15, 0.2) is 5.82 Å². The summed E-state index contributed by atoms with van der Waals surface area (Å²) < 4.78 is 43.6. The monoisotopic (exact) mass is 474 g/mol. The van der Waals surface area contributed by atoms with Crippen LogP contribution in [-0.2, 0) is 6.18 Å². The Hall–Kier alpha value is -3.38. The summed E-state index contributed by atoms with van der Waals surface area (Å²) in [6.07, 6.45) is -3.10. The van der Waals surface area contributed by atoms with Crippen molar-refractivity contribution in [3.05, 3.63) is 62.5 Å². The molecule has 3 aromatic rings.